The number of nitrogens with one attached hydrogen (secondary N) is 1. The minimum Gasteiger partial charge on any atom is -0.311 e. The first-order valence-electron chi connectivity index (χ1n) is 6.18. The molecule has 0 radical (unpaired) electrons. The van der Waals surface area contributed by atoms with Gasteiger partial charge in [0.05, 0.1) is 11.4 Å². The third-order valence-electron chi connectivity index (χ3n) is 2.50. The number of halogens is 1. The molecule has 0 fully saturated rings. The van der Waals surface area contributed by atoms with Gasteiger partial charge in [-0.05, 0) is 36.9 Å². The van der Waals surface area contributed by atoms with E-state index in [1.807, 2.05) is 6.07 Å². The molecular formula is C14H16FN3S. The summed E-state index contributed by atoms with van der Waals surface area (Å²) in [6.45, 7) is 3.74. The lowest BCUT2D eigenvalue weighted by atomic mass is 10.4. The highest BCUT2D eigenvalue weighted by molar-refractivity contribution is 7.98. The van der Waals surface area contributed by atoms with Gasteiger partial charge < -0.3 is 5.32 Å². The quantitative estimate of drug-likeness (QED) is 0.824. The summed E-state index contributed by atoms with van der Waals surface area (Å²) < 4.78 is 12.8. The molecule has 0 atom stereocenters. The fraction of sp³-hybridized carbons (Fsp3) is 0.286. The van der Waals surface area contributed by atoms with E-state index in [0.717, 1.165) is 29.5 Å². The molecule has 0 amide bonds. The average molecular weight is 277 g/mol. The van der Waals surface area contributed by atoms with Crippen LogP contribution in [0, 0.1) is 5.82 Å². The second-order valence-corrected chi connectivity index (χ2v) is 5.04. The number of hydrogen-bond acceptors (Lipinski definition) is 4. The molecule has 0 aliphatic carbocycles. The molecule has 0 saturated carbocycles. The predicted molar refractivity (Wildman–Crippen MR) is 75.4 cm³/mol. The Bertz CT molecular complexity index is 516. The molecule has 0 bridgehead atoms. The van der Waals surface area contributed by atoms with Gasteiger partial charge >= 0.3 is 0 Å². The highest BCUT2D eigenvalue weighted by atomic mass is 32.2. The molecule has 1 aromatic carbocycles. The molecule has 19 heavy (non-hydrogen) atoms. The number of aromatic nitrogens is 2. The van der Waals surface area contributed by atoms with Crippen LogP contribution in [0.15, 0.2) is 41.4 Å². The Morgan fingerprint density at radius 3 is 2.74 bits per heavy atom. The SMILES string of the molecule is CCNCc1ccnc(CSc2ccc(F)cc2)n1. The molecule has 2 aromatic rings. The molecule has 0 spiro atoms. The number of rotatable bonds is 6. The van der Waals surface area contributed by atoms with E-state index in [-0.39, 0.29) is 5.82 Å². The third-order valence-corrected chi connectivity index (χ3v) is 3.51. The second kappa shape index (κ2) is 7.21. The first-order valence-corrected chi connectivity index (χ1v) is 7.16. The maximum Gasteiger partial charge on any atom is 0.138 e. The van der Waals surface area contributed by atoms with Gasteiger partial charge in [0.2, 0.25) is 0 Å². The van der Waals surface area contributed by atoms with Crippen LogP contribution in [0.2, 0.25) is 0 Å². The summed E-state index contributed by atoms with van der Waals surface area (Å²) in [5.41, 5.74) is 0.992. The van der Waals surface area contributed by atoms with Crippen LogP contribution in [-0.2, 0) is 12.3 Å². The van der Waals surface area contributed by atoms with Crippen molar-refractivity contribution in [1.82, 2.24) is 15.3 Å². The first-order chi connectivity index (χ1) is 9.28. The zero-order chi connectivity index (χ0) is 13.5. The van der Waals surface area contributed by atoms with Crippen LogP contribution in [0.4, 0.5) is 4.39 Å². The van der Waals surface area contributed by atoms with Gasteiger partial charge in [0, 0.05) is 17.6 Å². The van der Waals surface area contributed by atoms with Gasteiger partial charge in [-0.25, -0.2) is 14.4 Å². The molecule has 0 aliphatic rings. The smallest absolute Gasteiger partial charge is 0.138 e. The fourth-order valence-electron chi connectivity index (χ4n) is 1.54. The molecule has 0 aliphatic heterocycles. The second-order valence-electron chi connectivity index (χ2n) is 3.99. The minimum absolute atomic E-state index is 0.215. The average Bonchev–Trinajstić information content (AvgIpc) is 2.45. The van der Waals surface area contributed by atoms with E-state index in [1.165, 1.54) is 12.1 Å². The Morgan fingerprint density at radius 2 is 2.00 bits per heavy atom. The Balaban J connectivity index is 1.93. The maximum atomic E-state index is 12.8. The summed E-state index contributed by atoms with van der Waals surface area (Å²) in [6.07, 6.45) is 1.78. The van der Waals surface area contributed by atoms with Crippen LogP contribution in [0.1, 0.15) is 18.4 Å². The molecular weight excluding hydrogens is 261 g/mol. The summed E-state index contributed by atoms with van der Waals surface area (Å²) in [5, 5.41) is 3.23. The van der Waals surface area contributed by atoms with Crippen LogP contribution in [0.5, 0.6) is 0 Å². The number of thioether (sulfide) groups is 1. The van der Waals surface area contributed by atoms with E-state index in [1.54, 1.807) is 30.1 Å². The maximum absolute atomic E-state index is 12.8. The van der Waals surface area contributed by atoms with E-state index in [0.29, 0.717) is 5.75 Å². The molecule has 2 rings (SSSR count). The van der Waals surface area contributed by atoms with Crippen molar-refractivity contribution in [1.29, 1.82) is 0 Å². The van der Waals surface area contributed by atoms with E-state index < -0.39 is 0 Å². The lowest BCUT2D eigenvalue weighted by Crippen LogP contribution is -2.13. The largest absolute Gasteiger partial charge is 0.311 e. The van der Waals surface area contributed by atoms with Gasteiger partial charge in [0.25, 0.3) is 0 Å². The van der Waals surface area contributed by atoms with E-state index in [9.17, 15) is 4.39 Å². The summed E-state index contributed by atoms with van der Waals surface area (Å²) in [4.78, 5) is 9.74. The van der Waals surface area contributed by atoms with Crippen LogP contribution < -0.4 is 5.32 Å². The molecule has 5 heteroatoms. The molecule has 0 saturated heterocycles. The van der Waals surface area contributed by atoms with Crippen molar-refractivity contribution < 1.29 is 4.39 Å². The molecule has 1 N–H and O–H groups in total. The lowest BCUT2D eigenvalue weighted by molar-refractivity contribution is 0.626. The Labute approximate surface area is 116 Å². The molecule has 3 nitrogen and oxygen atoms in total. The van der Waals surface area contributed by atoms with Crippen molar-refractivity contribution in [3.8, 4) is 0 Å². The number of benzene rings is 1. The molecule has 1 heterocycles. The Kier molecular flexibility index (Phi) is 5.30. The normalized spacial score (nSPS) is 10.6. The zero-order valence-corrected chi connectivity index (χ0v) is 11.6. The van der Waals surface area contributed by atoms with Crippen molar-refractivity contribution in [3.05, 3.63) is 53.9 Å². The van der Waals surface area contributed by atoms with Gasteiger partial charge in [0.1, 0.15) is 11.6 Å². The van der Waals surface area contributed by atoms with Crippen LogP contribution in [0.25, 0.3) is 0 Å². The van der Waals surface area contributed by atoms with Gasteiger partial charge in [-0.1, -0.05) is 6.92 Å². The summed E-state index contributed by atoms with van der Waals surface area (Å²) in [6, 6.07) is 8.37. The van der Waals surface area contributed by atoms with Crippen molar-refractivity contribution in [2.75, 3.05) is 6.54 Å². The number of nitrogens with zero attached hydrogens (tertiary/aromatic N) is 2. The summed E-state index contributed by atoms with van der Waals surface area (Å²) in [7, 11) is 0. The molecule has 100 valence electrons. The third kappa shape index (κ3) is 4.61. The number of hydrogen-bond donors (Lipinski definition) is 1. The predicted octanol–water partition coefficient (Wildman–Crippen LogP) is 3.02. The van der Waals surface area contributed by atoms with Gasteiger partial charge in [-0.15, -0.1) is 11.8 Å². The topological polar surface area (TPSA) is 37.8 Å². The van der Waals surface area contributed by atoms with Gasteiger partial charge in [0.15, 0.2) is 0 Å². The Hall–Kier alpha value is -1.46. The highest BCUT2D eigenvalue weighted by Crippen LogP contribution is 2.21. The summed E-state index contributed by atoms with van der Waals surface area (Å²) >= 11 is 1.60. The minimum atomic E-state index is -0.215. The van der Waals surface area contributed by atoms with Crippen molar-refractivity contribution in [2.45, 2.75) is 24.1 Å². The van der Waals surface area contributed by atoms with Crippen LogP contribution in [-0.4, -0.2) is 16.5 Å². The van der Waals surface area contributed by atoms with Crippen molar-refractivity contribution in [3.63, 3.8) is 0 Å². The van der Waals surface area contributed by atoms with E-state index in [2.05, 4.69) is 22.2 Å². The Morgan fingerprint density at radius 1 is 1.21 bits per heavy atom. The highest BCUT2D eigenvalue weighted by Gasteiger charge is 2.01. The van der Waals surface area contributed by atoms with Gasteiger partial charge in [-0.3, -0.25) is 0 Å². The van der Waals surface area contributed by atoms with Crippen LogP contribution in [0.3, 0.4) is 0 Å². The fourth-order valence-corrected chi connectivity index (χ4v) is 2.30. The van der Waals surface area contributed by atoms with Gasteiger partial charge in [-0.2, -0.15) is 0 Å². The van der Waals surface area contributed by atoms with Crippen molar-refractivity contribution in [2.24, 2.45) is 0 Å². The summed E-state index contributed by atoms with van der Waals surface area (Å²) in [5.74, 6) is 1.27. The monoisotopic (exact) mass is 277 g/mol. The van der Waals surface area contributed by atoms with E-state index >= 15 is 0 Å². The standard InChI is InChI=1S/C14H16FN3S/c1-2-16-9-12-7-8-17-14(18-12)10-19-13-5-3-11(15)4-6-13/h3-8,16H,2,9-10H2,1H3. The first kappa shape index (κ1) is 14.0. The molecule has 1 aromatic heterocycles. The van der Waals surface area contributed by atoms with E-state index in [4.69, 9.17) is 0 Å². The lowest BCUT2D eigenvalue weighted by Gasteiger charge is -2.04. The molecule has 0 unspecified atom stereocenters. The van der Waals surface area contributed by atoms with Crippen molar-refractivity contribution >= 4 is 11.8 Å². The van der Waals surface area contributed by atoms with Crippen LogP contribution >= 0.6 is 11.8 Å². The zero-order valence-electron chi connectivity index (χ0n) is 10.8.